The van der Waals surface area contributed by atoms with E-state index in [1.807, 2.05) is 19.9 Å². The number of rotatable bonds is 6. The van der Waals surface area contributed by atoms with Crippen LogP contribution in [0.2, 0.25) is 0 Å². The van der Waals surface area contributed by atoms with Crippen molar-refractivity contribution in [3.05, 3.63) is 11.6 Å². The first-order valence-corrected chi connectivity index (χ1v) is 17.6. The van der Waals surface area contributed by atoms with Gasteiger partial charge in [-0.3, -0.25) is 0 Å². The third-order valence-corrected chi connectivity index (χ3v) is 14.8. The van der Waals surface area contributed by atoms with Crippen molar-refractivity contribution in [3.63, 3.8) is 0 Å². The molecular weight excluding hydrogens is 592 g/mol. The summed E-state index contributed by atoms with van der Waals surface area (Å²) in [6.07, 6.45) is -3.02. The lowest BCUT2D eigenvalue weighted by Crippen LogP contribution is -2.70. The first-order valence-electron chi connectivity index (χ1n) is 17.6. The number of fused-ring (bicyclic) bond motifs is 5. The fraction of sp³-hybridized carbons (Fsp3) is 0.944. The second-order valence-electron chi connectivity index (χ2n) is 17.8. The maximum absolute atomic E-state index is 12.1. The van der Waals surface area contributed by atoms with Crippen LogP contribution in [0.1, 0.15) is 93.9 Å². The van der Waals surface area contributed by atoms with Gasteiger partial charge in [0.05, 0.1) is 30.5 Å². The van der Waals surface area contributed by atoms with Crippen molar-refractivity contribution < 1.29 is 50.0 Å². The predicted molar refractivity (Wildman–Crippen MR) is 169 cm³/mol. The van der Waals surface area contributed by atoms with E-state index in [9.17, 15) is 35.7 Å². The molecule has 0 aromatic carbocycles. The van der Waals surface area contributed by atoms with Crippen LogP contribution in [-0.2, 0) is 14.2 Å². The molecule has 0 bridgehead atoms. The van der Waals surface area contributed by atoms with E-state index in [-0.39, 0.29) is 51.6 Å². The monoisotopic (exact) mass is 652 g/mol. The Labute approximate surface area is 274 Å². The van der Waals surface area contributed by atoms with E-state index < -0.39 is 67.1 Å². The number of ether oxygens (including phenoxy) is 3. The van der Waals surface area contributed by atoms with Gasteiger partial charge in [0.2, 0.25) is 0 Å². The summed E-state index contributed by atoms with van der Waals surface area (Å²) in [5.74, 6) is 0.0595. The number of allylic oxidation sites excluding steroid dienone is 1. The first-order chi connectivity index (χ1) is 21.2. The fourth-order valence-corrected chi connectivity index (χ4v) is 12.1. The Hall–Kier alpha value is -0.660. The molecule has 10 heteroatoms. The summed E-state index contributed by atoms with van der Waals surface area (Å²) in [6.45, 7) is 16.6. The molecule has 0 radical (unpaired) electrons. The van der Waals surface area contributed by atoms with Crippen LogP contribution in [0.5, 0.6) is 0 Å². The molecule has 17 atom stereocenters. The zero-order valence-corrected chi connectivity index (χ0v) is 29.0. The van der Waals surface area contributed by atoms with Crippen molar-refractivity contribution in [2.75, 3.05) is 6.61 Å². The molecule has 6 aliphatic rings. The second-order valence-corrected chi connectivity index (χ2v) is 17.8. The van der Waals surface area contributed by atoms with Gasteiger partial charge >= 0.3 is 0 Å². The van der Waals surface area contributed by atoms with Gasteiger partial charge < -0.3 is 50.0 Å². The van der Waals surface area contributed by atoms with Gasteiger partial charge in [0.25, 0.3) is 0 Å². The van der Waals surface area contributed by atoms with E-state index in [0.29, 0.717) is 19.3 Å². The van der Waals surface area contributed by atoms with E-state index in [1.165, 1.54) is 0 Å². The van der Waals surface area contributed by atoms with E-state index in [2.05, 4.69) is 41.5 Å². The van der Waals surface area contributed by atoms with Crippen molar-refractivity contribution in [1.29, 1.82) is 0 Å². The molecule has 17 unspecified atom stereocenters. The lowest BCUT2D eigenvalue weighted by Gasteiger charge is -2.72. The van der Waals surface area contributed by atoms with Crippen molar-refractivity contribution in [2.45, 2.75) is 161 Å². The molecule has 10 nitrogen and oxygen atoms in total. The average Bonchev–Trinajstić information content (AvgIpc) is 3.45. The molecule has 6 rings (SSSR count). The van der Waals surface area contributed by atoms with Gasteiger partial charge in [-0.15, -0.1) is 0 Å². The molecule has 0 aromatic heterocycles. The molecule has 2 heterocycles. The van der Waals surface area contributed by atoms with Crippen molar-refractivity contribution >= 4 is 0 Å². The molecule has 0 aromatic rings. The third-order valence-electron chi connectivity index (χ3n) is 14.8. The Kier molecular flexibility index (Phi) is 8.74. The van der Waals surface area contributed by atoms with Crippen LogP contribution in [0.15, 0.2) is 11.6 Å². The van der Waals surface area contributed by atoms with Crippen LogP contribution in [0.3, 0.4) is 0 Å². The highest BCUT2D eigenvalue weighted by molar-refractivity contribution is 5.25. The van der Waals surface area contributed by atoms with E-state index >= 15 is 0 Å². The highest BCUT2D eigenvalue weighted by Gasteiger charge is 2.73. The van der Waals surface area contributed by atoms with Crippen LogP contribution >= 0.6 is 0 Å². The fourth-order valence-electron chi connectivity index (χ4n) is 12.1. The van der Waals surface area contributed by atoms with E-state index in [4.69, 9.17) is 14.2 Å². The maximum Gasteiger partial charge on any atom is 0.186 e. The Bertz CT molecular complexity index is 1190. The first kappa shape index (κ1) is 35.2. The lowest BCUT2D eigenvalue weighted by molar-refractivity contribution is -0.346. The summed E-state index contributed by atoms with van der Waals surface area (Å²) < 4.78 is 18.3. The summed E-state index contributed by atoms with van der Waals surface area (Å²) in [5.41, 5.74) is -0.698. The van der Waals surface area contributed by atoms with Gasteiger partial charge in [0.1, 0.15) is 36.6 Å². The summed E-state index contributed by atoms with van der Waals surface area (Å²) in [7, 11) is 0. The Morgan fingerprint density at radius 2 is 1.57 bits per heavy atom. The lowest BCUT2D eigenvalue weighted by atomic mass is 9.34. The Morgan fingerprint density at radius 3 is 2.17 bits per heavy atom. The minimum absolute atomic E-state index is 0.0272. The molecule has 7 N–H and O–H groups in total. The van der Waals surface area contributed by atoms with Gasteiger partial charge in [-0.1, -0.05) is 46.3 Å². The van der Waals surface area contributed by atoms with Crippen molar-refractivity contribution in [3.8, 4) is 0 Å². The predicted octanol–water partition coefficient (Wildman–Crippen LogP) is 2.28. The van der Waals surface area contributed by atoms with Crippen LogP contribution in [0, 0.1) is 45.3 Å². The van der Waals surface area contributed by atoms with Gasteiger partial charge in [-0.2, -0.15) is 0 Å². The Morgan fingerprint density at radius 1 is 0.913 bits per heavy atom. The van der Waals surface area contributed by atoms with Crippen LogP contribution < -0.4 is 0 Å². The molecular formula is C36H60O10. The maximum atomic E-state index is 12.1. The topological polar surface area (TPSA) is 173 Å². The molecule has 0 amide bonds. The minimum Gasteiger partial charge on any atom is -0.394 e. The van der Waals surface area contributed by atoms with E-state index in [1.54, 1.807) is 0 Å². The zero-order chi connectivity index (χ0) is 33.9. The van der Waals surface area contributed by atoms with Crippen LogP contribution in [0.25, 0.3) is 0 Å². The van der Waals surface area contributed by atoms with Gasteiger partial charge in [-0.25, -0.2) is 0 Å². The molecule has 4 aliphatic carbocycles. The molecule has 0 spiro atoms. The molecule has 2 aliphatic heterocycles. The van der Waals surface area contributed by atoms with E-state index in [0.717, 1.165) is 24.8 Å². The van der Waals surface area contributed by atoms with Gasteiger partial charge in [-0.05, 0) is 105 Å². The van der Waals surface area contributed by atoms with Crippen molar-refractivity contribution in [2.24, 2.45) is 45.3 Å². The minimum atomic E-state index is -1.54. The molecule has 4 saturated carbocycles. The second kappa shape index (κ2) is 11.4. The Balaban J connectivity index is 1.37. The summed E-state index contributed by atoms with van der Waals surface area (Å²) in [6, 6.07) is 0. The normalized spacial score (nSPS) is 55.2. The summed E-state index contributed by atoms with van der Waals surface area (Å²) in [4.78, 5) is 0. The van der Waals surface area contributed by atoms with Crippen molar-refractivity contribution in [1.82, 2.24) is 0 Å². The quantitative estimate of drug-likeness (QED) is 0.128. The number of hydrogen-bond donors (Lipinski definition) is 7. The number of epoxide rings is 1. The molecule has 264 valence electrons. The largest absolute Gasteiger partial charge is 0.394 e. The number of aliphatic hydroxyl groups is 7. The zero-order valence-electron chi connectivity index (χ0n) is 29.0. The number of hydrogen-bond acceptors (Lipinski definition) is 10. The highest BCUT2D eigenvalue weighted by Crippen LogP contribution is 2.76. The highest BCUT2D eigenvalue weighted by atomic mass is 16.7. The van der Waals surface area contributed by atoms with Gasteiger partial charge in [0.15, 0.2) is 6.29 Å². The molecule has 6 fully saturated rings. The molecule has 46 heavy (non-hydrogen) atoms. The van der Waals surface area contributed by atoms with Crippen LogP contribution in [0.4, 0.5) is 0 Å². The smallest absolute Gasteiger partial charge is 0.186 e. The standard InChI is InChI=1S/C36H60O10/c1-17(13-20(39)30-33(4,5)46-30)18-9-12-35(7)25(18)19(38)14-23-34(6)11-10-24(40)32(2,3)29(34)21(15-36(23,35)8)44-31-28(43)27(42)26(41)22(16-37)45-31/h13,18-31,37-43H,9-12,14-16H2,1-8H3. The number of aliphatic hydroxyl groups excluding tert-OH is 7. The van der Waals surface area contributed by atoms with Crippen LogP contribution in [-0.4, -0.2) is 109 Å². The molecule has 2 saturated heterocycles. The summed E-state index contributed by atoms with van der Waals surface area (Å²) in [5, 5.41) is 76.3. The SMILES string of the molecule is CC(=CC(O)C1OC1(C)C)C1CCC2(C)C1C(O)CC1C3(C)CCC(O)C(C)(C)C3C(OC3OC(CO)C(O)C(O)C3O)CC12C. The summed E-state index contributed by atoms with van der Waals surface area (Å²) >= 11 is 0. The average molecular weight is 653 g/mol. The van der Waals surface area contributed by atoms with Gasteiger partial charge in [0, 0.05) is 0 Å². The third kappa shape index (κ3) is 5.03.